The fourth-order valence-electron chi connectivity index (χ4n) is 3.03. The van der Waals surface area contributed by atoms with Gasteiger partial charge >= 0.3 is 12.1 Å². The molecule has 0 bridgehead atoms. The fraction of sp³-hybridized carbons (Fsp3) is 0.348. The summed E-state index contributed by atoms with van der Waals surface area (Å²) < 4.78 is 12.1. The number of carbonyl (C=O) groups is 2. The number of anilines is 2. The molecule has 0 radical (unpaired) electrons. The molecule has 3 aromatic rings. The van der Waals surface area contributed by atoms with Gasteiger partial charge in [0.05, 0.1) is 24.5 Å². The van der Waals surface area contributed by atoms with Crippen LogP contribution in [0.5, 0.6) is 0 Å². The Morgan fingerprint density at radius 2 is 1.70 bits per heavy atom. The molecule has 0 fully saturated rings. The second-order valence-corrected chi connectivity index (χ2v) is 8.18. The van der Waals surface area contributed by atoms with Gasteiger partial charge in [-0.05, 0) is 55.8 Å². The average molecular weight is 453 g/mol. The van der Waals surface area contributed by atoms with Crippen LogP contribution in [0.3, 0.4) is 0 Å². The van der Waals surface area contributed by atoms with Crippen LogP contribution in [0.1, 0.15) is 45.1 Å². The number of hydrogen-bond donors (Lipinski definition) is 2. The molecule has 10 heteroatoms. The molecule has 0 aliphatic heterocycles. The monoisotopic (exact) mass is 452 g/mol. The van der Waals surface area contributed by atoms with Gasteiger partial charge in [0.1, 0.15) is 5.60 Å². The molecule has 0 spiro atoms. The van der Waals surface area contributed by atoms with Crippen molar-refractivity contribution in [3.63, 3.8) is 0 Å². The Kier molecular flexibility index (Phi) is 7.60. The number of rotatable bonds is 8. The van der Waals surface area contributed by atoms with Gasteiger partial charge in [-0.1, -0.05) is 42.5 Å². The second-order valence-electron chi connectivity index (χ2n) is 8.18. The summed E-state index contributed by atoms with van der Waals surface area (Å²) in [6.45, 7) is 7.62. The molecule has 1 aromatic heterocycles. The number of esters is 1. The standard InChI is InChI=1S/C23H28N6O4/c1-5-32-21(30)19(20-26-27-28-29(20)15-16-11-7-6-8-12-16)24-17-13-9-10-14-18(17)25-22(31)33-23(2,3)4/h6-14,19,24H,5,15H2,1-4H3,(H,25,31). The third-order valence-electron chi connectivity index (χ3n) is 4.38. The molecule has 1 atom stereocenters. The average Bonchev–Trinajstić information content (AvgIpc) is 3.20. The minimum Gasteiger partial charge on any atom is -0.464 e. The number of nitrogens with one attached hydrogen (secondary N) is 2. The van der Waals surface area contributed by atoms with Crippen LogP contribution in [0.25, 0.3) is 0 Å². The molecule has 2 aromatic carbocycles. The van der Waals surface area contributed by atoms with Crippen LogP contribution in [0.4, 0.5) is 16.2 Å². The fourth-order valence-corrected chi connectivity index (χ4v) is 3.03. The topological polar surface area (TPSA) is 120 Å². The molecule has 174 valence electrons. The van der Waals surface area contributed by atoms with E-state index in [0.717, 1.165) is 5.56 Å². The predicted molar refractivity (Wildman–Crippen MR) is 123 cm³/mol. The Bertz CT molecular complexity index is 1080. The lowest BCUT2D eigenvalue weighted by Gasteiger charge is -2.22. The molecule has 1 heterocycles. The van der Waals surface area contributed by atoms with Gasteiger partial charge in [-0.15, -0.1) is 5.10 Å². The third-order valence-corrected chi connectivity index (χ3v) is 4.38. The van der Waals surface area contributed by atoms with Crippen molar-refractivity contribution in [3.05, 3.63) is 66.0 Å². The zero-order valence-electron chi connectivity index (χ0n) is 19.1. The van der Waals surface area contributed by atoms with Crippen molar-refractivity contribution in [2.24, 2.45) is 0 Å². The molecule has 33 heavy (non-hydrogen) atoms. The number of ether oxygens (including phenoxy) is 2. The van der Waals surface area contributed by atoms with Crippen molar-refractivity contribution in [3.8, 4) is 0 Å². The van der Waals surface area contributed by atoms with Crippen LogP contribution in [0.2, 0.25) is 0 Å². The van der Waals surface area contributed by atoms with Gasteiger partial charge in [0.2, 0.25) is 0 Å². The molecule has 3 rings (SSSR count). The SMILES string of the molecule is CCOC(=O)C(Nc1ccccc1NC(=O)OC(C)(C)C)c1nnnn1Cc1ccccc1. The molecule has 2 N–H and O–H groups in total. The first kappa shape index (κ1) is 23.7. The smallest absolute Gasteiger partial charge is 0.412 e. The van der Waals surface area contributed by atoms with Crippen molar-refractivity contribution in [2.45, 2.75) is 45.9 Å². The summed E-state index contributed by atoms with van der Waals surface area (Å²) in [5.41, 5.74) is 1.24. The maximum absolute atomic E-state index is 12.9. The molecule has 0 saturated carbocycles. The summed E-state index contributed by atoms with van der Waals surface area (Å²) >= 11 is 0. The zero-order chi connectivity index (χ0) is 23.8. The van der Waals surface area contributed by atoms with Crippen LogP contribution in [-0.2, 0) is 20.8 Å². The minimum absolute atomic E-state index is 0.190. The van der Waals surface area contributed by atoms with Crippen molar-refractivity contribution < 1.29 is 19.1 Å². The van der Waals surface area contributed by atoms with Gasteiger partial charge in [-0.25, -0.2) is 14.3 Å². The van der Waals surface area contributed by atoms with E-state index in [9.17, 15) is 9.59 Å². The van der Waals surface area contributed by atoms with E-state index in [0.29, 0.717) is 17.9 Å². The van der Waals surface area contributed by atoms with Gasteiger partial charge in [-0.3, -0.25) is 5.32 Å². The highest BCUT2D eigenvalue weighted by molar-refractivity contribution is 5.91. The van der Waals surface area contributed by atoms with Crippen LogP contribution < -0.4 is 10.6 Å². The van der Waals surface area contributed by atoms with E-state index in [1.807, 2.05) is 30.3 Å². The molecular weight excluding hydrogens is 424 g/mol. The number of nitrogens with zero attached hydrogens (tertiary/aromatic N) is 4. The van der Waals surface area contributed by atoms with Crippen LogP contribution in [-0.4, -0.2) is 44.5 Å². The van der Waals surface area contributed by atoms with Crippen LogP contribution in [0, 0.1) is 0 Å². The van der Waals surface area contributed by atoms with E-state index in [1.165, 1.54) is 4.68 Å². The molecule has 0 aliphatic carbocycles. The highest BCUT2D eigenvalue weighted by atomic mass is 16.6. The number of hydrogen-bond acceptors (Lipinski definition) is 8. The lowest BCUT2D eigenvalue weighted by atomic mass is 10.2. The Labute approximate surface area is 192 Å². The number of benzene rings is 2. The van der Waals surface area contributed by atoms with Gasteiger partial charge in [0.15, 0.2) is 11.9 Å². The summed E-state index contributed by atoms with van der Waals surface area (Å²) in [4.78, 5) is 25.2. The Balaban J connectivity index is 1.88. The predicted octanol–water partition coefficient (Wildman–Crippen LogP) is 3.78. The van der Waals surface area contributed by atoms with E-state index in [2.05, 4.69) is 26.2 Å². The van der Waals surface area contributed by atoms with Crippen LogP contribution in [0.15, 0.2) is 54.6 Å². The molecule has 0 aliphatic rings. The summed E-state index contributed by atoms with van der Waals surface area (Å²) in [7, 11) is 0. The first-order chi connectivity index (χ1) is 15.8. The van der Waals surface area contributed by atoms with Crippen molar-refractivity contribution in [1.29, 1.82) is 0 Å². The number of tetrazole rings is 1. The summed E-state index contributed by atoms with van der Waals surface area (Å²) in [5.74, 6) is -0.266. The molecular formula is C23H28N6O4. The molecule has 1 amide bonds. The number of carbonyl (C=O) groups excluding carboxylic acids is 2. The maximum atomic E-state index is 12.9. The minimum atomic E-state index is -1.01. The summed E-state index contributed by atoms with van der Waals surface area (Å²) in [6.07, 6.45) is -0.613. The lowest BCUT2D eigenvalue weighted by molar-refractivity contribution is -0.144. The van der Waals surface area contributed by atoms with Gasteiger partial charge in [-0.2, -0.15) is 0 Å². The molecule has 0 saturated heterocycles. The van der Waals surface area contributed by atoms with Crippen molar-refractivity contribution >= 4 is 23.4 Å². The Morgan fingerprint density at radius 3 is 2.36 bits per heavy atom. The zero-order valence-corrected chi connectivity index (χ0v) is 19.1. The largest absolute Gasteiger partial charge is 0.464 e. The lowest BCUT2D eigenvalue weighted by Crippen LogP contribution is -2.29. The van der Waals surface area contributed by atoms with E-state index < -0.39 is 23.7 Å². The van der Waals surface area contributed by atoms with Crippen molar-refractivity contribution in [1.82, 2.24) is 20.2 Å². The first-order valence-electron chi connectivity index (χ1n) is 10.6. The van der Waals surface area contributed by atoms with Crippen molar-refractivity contribution in [2.75, 3.05) is 17.2 Å². The first-order valence-corrected chi connectivity index (χ1v) is 10.6. The quantitative estimate of drug-likeness (QED) is 0.496. The summed E-state index contributed by atoms with van der Waals surface area (Å²) in [6, 6.07) is 15.6. The number of aromatic nitrogens is 4. The third kappa shape index (κ3) is 6.76. The van der Waals surface area contributed by atoms with E-state index in [4.69, 9.17) is 9.47 Å². The van der Waals surface area contributed by atoms with E-state index in [1.54, 1.807) is 52.0 Å². The number of para-hydroxylation sites is 2. The second kappa shape index (κ2) is 10.6. The number of amides is 1. The summed E-state index contributed by atoms with van der Waals surface area (Å²) in [5, 5.41) is 17.7. The van der Waals surface area contributed by atoms with E-state index >= 15 is 0 Å². The molecule has 1 unspecified atom stereocenters. The van der Waals surface area contributed by atoms with Gasteiger partial charge in [0, 0.05) is 0 Å². The highest BCUT2D eigenvalue weighted by Gasteiger charge is 2.29. The highest BCUT2D eigenvalue weighted by Crippen LogP contribution is 2.27. The Hall–Kier alpha value is -3.95. The van der Waals surface area contributed by atoms with E-state index in [-0.39, 0.29) is 12.4 Å². The maximum Gasteiger partial charge on any atom is 0.412 e. The van der Waals surface area contributed by atoms with Gasteiger partial charge < -0.3 is 14.8 Å². The molecule has 10 nitrogen and oxygen atoms in total. The normalized spacial score (nSPS) is 12.0. The van der Waals surface area contributed by atoms with Gasteiger partial charge in [0.25, 0.3) is 0 Å². The Morgan fingerprint density at radius 1 is 1.03 bits per heavy atom. The van der Waals surface area contributed by atoms with Crippen LogP contribution >= 0.6 is 0 Å².